The van der Waals surface area contributed by atoms with E-state index in [9.17, 15) is 13.2 Å². The summed E-state index contributed by atoms with van der Waals surface area (Å²) in [4.78, 5) is 13.6. The zero-order valence-electron chi connectivity index (χ0n) is 11.4. The summed E-state index contributed by atoms with van der Waals surface area (Å²) in [6, 6.07) is 5.82. The number of anilines is 1. The fraction of sp³-hybridized carbons (Fsp3) is 0.308. The molecule has 1 atom stereocenters. The summed E-state index contributed by atoms with van der Waals surface area (Å²) in [5, 5.41) is 1.05. The summed E-state index contributed by atoms with van der Waals surface area (Å²) in [6.45, 7) is 0. The number of nitrogens with zero attached hydrogens (tertiary/aromatic N) is 1. The van der Waals surface area contributed by atoms with Gasteiger partial charge in [-0.05, 0) is 18.2 Å². The lowest BCUT2D eigenvalue weighted by molar-refractivity contribution is -0.118. The van der Waals surface area contributed by atoms with Gasteiger partial charge in [-0.1, -0.05) is 46.9 Å². The molecule has 1 unspecified atom stereocenters. The average Bonchev–Trinajstić information content (AvgIpc) is 2.78. The first-order valence-corrected chi connectivity index (χ1v) is 8.95. The standard InChI is InChI=1S/C13H12Cl3NO4S/c1-21-11-5-3-2-4-10(11)17(12(18)13(14,15)16)9-6-7-22(19,20)8-9/h2-7,9H,8H2,1H3. The van der Waals surface area contributed by atoms with Crippen LogP contribution >= 0.6 is 34.8 Å². The summed E-state index contributed by atoms with van der Waals surface area (Å²) < 4.78 is 26.3. The normalized spacial score (nSPS) is 19.9. The zero-order valence-corrected chi connectivity index (χ0v) is 14.5. The Labute approximate surface area is 143 Å². The van der Waals surface area contributed by atoms with Gasteiger partial charge < -0.3 is 4.74 Å². The van der Waals surface area contributed by atoms with E-state index in [4.69, 9.17) is 39.5 Å². The number of hydrogen-bond acceptors (Lipinski definition) is 4. The van der Waals surface area contributed by atoms with E-state index in [1.54, 1.807) is 24.3 Å². The molecule has 1 aliphatic heterocycles. The van der Waals surface area contributed by atoms with Crippen LogP contribution < -0.4 is 9.64 Å². The Morgan fingerprint density at radius 2 is 1.95 bits per heavy atom. The Morgan fingerprint density at radius 3 is 2.45 bits per heavy atom. The predicted molar refractivity (Wildman–Crippen MR) is 87.5 cm³/mol. The van der Waals surface area contributed by atoms with Crippen LogP contribution in [0.5, 0.6) is 5.75 Å². The predicted octanol–water partition coefficient (Wildman–Crippen LogP) is 2.71. The third kappa shape index (κ3) is 3.68. The maximum Gasteiger partial charge on any atom is 0.279 e. The van der Waals surface area contributed by atoms with Crippen LogP contribution in [0.2, 0.25) is 0 Å². The monoisotopic (exact) mass is 383 g/mol. The van der Waals surface area contributed by atoms with Gasteiger partial charge in [-0.2, -0.15) is 0 Å². The number of methoxy groups -OCH3 is 1. The lowest BCUT2D eigenvalue weighted by atomic mass is 10.2. The second-order valence-electron chi connectivity index (χ2n) is 4.57. The average molecular weight is 385 g/mol. The molecule has 1 aromatic rings. The third-order valence-corrected chi connectivity index (χ3v) is 4.91. The molecule has 0 saturated carbocycles. The molecule has 1 heterocycles. The van der Waals surface area contributed by atoms with Crippen molar-refractivity contribution in [2.75, 3.05) is 17.8 Å². The van der Waals surface area contributed by atoms with Gasteiger partial charge >= 0.3 is 0 Å². The van der Waals surface area contributed by atoms with Crippen molar-refractivity contribution in [2.45, 2.75) is 9.83 Å². The molecule has 9 heteroatoms. The van der Waals surface area contributed by atoms with Crippen LogP contribution in [0.25, 0.3) is 0 Å². The molecule has 0 spiro atoms. The van der Waals surface area contributed by atoms with Crippen LogP contribution in [0.15, 0.2) is 35.7 Å². The van der Waals surface area contributed by atoms with Crippen molar-refractivity contribution >= 4 is 56.2 Å². The van der Waals surface area contributed by atoms with Gasteiger partial charge in [0, 0.05) is 5.41 Å². The van der Waals surface area contributed by atoms with Gasteiger partial charge in [0.15, 0.2) is 9.84 Å². The van der Waals surface area contributed by atoms with Crippen molar-refractivity contribution in [1.29, 1.82) is 0 Å². The van der Waals surface area contributed by atoms with Gasteiger partial charge in [0.05, 0.1) is 24.6 Å². The number of sulfone groups is 1. The Kier molecular flexibility index (Phi) is 4.96. The summed E-state index contributed by atoms with van der Waals surface area (Å²) in [5.74, 6) is -0.770. The van der Waals surface area contributed by atoms with Crippen LogP contribution in [-0.4, -0.2) is 37.0 Å². The van der Waals surface area contributed by atoms with Crippen LogP contribution in [0.3, 0.4) is 0 Å². The fourth-order valence-corrected chi connectivity index (χ4v) is 3.67. The van der Waals surface area contributed by atoms with Crippen molar-refractivity contribution in [3.05, 3.63) is 35.7 Å². The van der Waals surface area contributed by atoms with E-state index in [-0.39, 0.29) is 5.75 Å². The van der Waals surface area contributed by atoms with Crippen LogP contribution in [-0.2, 0) is 14.6 Å². The number of hydrogen-bond donors (Lipinski definition) is 0. The highest BCUT2D eigenvalue weighted by Gasteiger charge is 2.41. The second-order valence-corrected chi connectivity index (χ2v) is 8.78. The Morgan fingerprint density at radius 1 is 1.32 bits per heavy atom. The van der Waals surface area contributed by atoms with Crippen molar-refractivity contribution in [3.8, 4) is 5.75 Å². The summed E-state index contributed by atoms with van der Waals surface area (Å²) in [5.41, 5.74) is 0.327. The quantitative estimate of drug-likeness (QED) is 0.752. The minimum absolute atomic E-state index is 0.280. The number of rotatable bonds is 3. The molecule has 1 aromatic carbocycles. The van der Waals surface area contributed by atoms with E-state index in [0.29, 0.717) is 11.4 Å². The Bertz CT molecular complexity index is 712. The number of amides is 1. The molecule has 120 valence electrons. The molecule has 0 aliphatic carbocycles. The molecule has 0 radical (unpaired) electrons. The van der Waals surface area contributed by atoms with Crippen molar-refractivity contribution < 1.29 is 17.9 Å². The van der Waals surface area contributed by atoms with Gasteiger partial charge in [0.1, 0.15) is 5.75 Å². The van der Waals surface area contributed by atoms with E-state index in [2.05, 4.69) is 0 Å². The lowest BCUT2D eigenvalue weighted by Gasteiger charge is -2.31. The van der Waals surface area contributed by atoms with Crippen LogP contribution in [0.4, 0.5) is 5.69 Å². The molecule has 0 bridgehead atoms. The smallest absolute Gasteiger partial charge is 0.279 e. The molecule has 2 rings (SSSR count). The minimum atomic E-state index is -3.39. The maximum absolute atomic E-state index is 12.5. The number of alkyl halides is 3. The first kappa shape index (κ1) is 17.4. The number of para-hydroxylation sites is 2. The Hall–Kier alpha value is -0.950. The lowest BCUT2D eigenvalue weighted by Crippen LogP contribution is -2.47. The molecule has 0 fully saturated rings. The van der Waals surface area contributed by atoms with Crippen molar-refractivity contribution in [2.24, 2.45) is 0 Å². The van der Waals surface area contributed by atoms with Crippen molar-refractivity contribution in [3.63, 3.8) is 0 Å². The summed E-state index contributed by atoms with van der Waals surface area (Å²) in [7, 11) is -1.96. The molecular weight excluding hydrogens is 373 g/mol. The van der Waals surface area contributed by atoms with Gasteiger partial charge in [-0.3, -0.25) is 9.69 Å². The van der Waals surface area contributed by atoms with E-state index >= 15 is 0 Å². The molecule has 0 saturated heterocycles. The van der Waals surface area contributed by atoms with Crippen LogP contribution in [0.1, 0.15) is 0 Å². The maximum atomic E-state index is 12.5. The van der Waals surface area contributed by atoms with Gasteiger partial charge in [0.25, 0.3) is 9.70 Å². The molecular formula is C13H12Cl3NO4S. The second kappa shape index (κ2) is 6.28. The van der Waals surface area contributed by atoms with Crippen LogP contribution in [0, 0.1) is 0 Å². The van der Waals surface area contributed by atoms with Crippen molar-refractivity contribution in [1.82, 2.24) is 0 Å². The van der Waals surface area contributed by atoms with E-state index < -0.39 is 25.6 Å². The first-order valence-electron chi connectivity index (χ1n) is 6.10. The number of halogens is 3. The van der Waals surface area contributed by atoms with Gasteiger partial charge in [-0.15, -0.1) is 0 Å². The molecule has 22 heavy (non-hydrogen) atoms. The number of carbonyl (C=O) groups is 1. The molecule has 0 N–H and O–H groups in total. The molecule has 1 amide bonds. The first-order chi connectivity index (χ1) is 10.2. The fourth-order valence-electron chi connectivity index (χ4n) is 2.12. The highest BCUT2D eigenvalue weighted by Crippen LogP contribution is 2.37. The summed E-state index contributed by atoms with van der Waals surface area (Å²) in [6.07, 6.45) is 1.38. The highest BCUT2D eigenvalue weighted by molar-refractivity contribution is 7.94. The summed E-state index contributed by atoms with van der Waals surface area (Å²) >= 11 is 17.1. The zero-order chi connectivity index (χ0) is 16.5. The van der Waals surface area contributed by atoms with Gasteiger partial charge in [0.2, 0.25) is 0 Å². The SMILES string of the molecule is COc1ccccc1N(C(=O)C(Cl)(Cl)Cl)C1C=CS(=O)(=O)C1. The number of benzene rings is 1. The highest BCUT2D eigenvalue weighted by atomic mass is 35.6. The molecule has 1 aliphatic rings. The molecule has 5 nitrogen and oxygen atoms in total. The largest absolute Gasteiger partial charge is 0.495 e. The molecule has 0 aromatic heterocycles. The third-order valence-electron chi connectivity index (χ3n) is 3.05. The van der Waals surface area contributed by atoms with E-state index in [0.717, 1.165) is 10.3 Å². The van der Waals surface area contributed by atoms with E-state index in [1.807, 2.05) is 0 Å². The van der Waals surface area contributed by atoms with E-state index in [1.165, 1.54) is 13.2 Å². The topological polar surface area (TPSA) is 63.7 Å². The Balaban J connectivity index is 2.52. The number of carbonyl (C=O) groups excluding carboxylic acids is 1. The number of ether oxygens (including phenoxy) is 1. The van der Waals surface area contributed by atoms with Gasteiger partial charge in [-0.25, -0.2) is 8.42 Å². The minimum Gasteiger partial charge on any atom is -0.495 e.